The van der Waals surface area contributed by atoms with E-state index < -0.39 is 6.10 Å². The minimum atomic E-state index is -0.525. The number of hydrogen-bond acceptors (Lipinski definition) is 4. The van der Waals surface area contributed by atoms with E-state index in [-0.39, 0.29) is 11.8 Å². The number of hydrogen-bond donors (Lipinski definition) is 1. The average molecular weight is 383 g/mol. The highest BCUT2D eigenvalue weighted by Gasteiger charge is 2.22. The number of aryl methyl sites for hydroxylation is 1. The molecule has 0 fully saturated rings. The van der Waals surface area contributed by atoms with Gasteiger partial charge in [0.2, 0.25) is 5.91 Å². The highest BCUT2D eigenvalue weighted by atomic mass is 16.5. The number of carbonyl (C=O) groups is 1. The molecular weight excluding hydrogens is 354 g/mol. The number of aliphatic hydroxyl groups is 1. The number of aliphatic hydroxyl groups excluding tert-OH is 1. The first-order valence-electron chi connectivity index (χ1n) is 9.83. The Labute approximate surface area is 166 Å². The van der Waals surface area contributed by atoms with E-state index in [0.29, 0.717) is 32.5 Å². The van der Waals surface area contributed by atoms with Crippen LogP contribution in [0.5, 0.6) is 11.5 Å². The summed E-state index contributed by atoms with van der Waals surface area (Å²) in [5.41, 5.74) is 2.84. The summed E-state index contributed by atoms with van der Waals surface area (Å²) in [6.45, 7) is 5.50. The molecule has 3 rings (SSSR count). The lowest BCUT2D eigenvalue weighted by molar-refractivity contribution is -0.131. The molecule has 1 heterocycles. The lowest BCUT2D eigenvalue weighted by Crippen LogP contribution is -2.32. The second kappa shape index (κ2) is 9.11. The Balaban J connectivity index is 1.70. The molecule has 2 aromatic carbocycles. The lowest BCUT2D eigenvalue weighted by Gasteiger charge is -2.21. The summed E-state index contributed by atoms with van der Waals surface area (Å²) < 4.78 is 11.2. The number of benzene rings is 2. The van der Waals surface area contributed by atoms with Crippen molar-refractivity contribution in [2.24, 2.45) is 5.92 Å². The molecule has 0 bridgehead atoms. The maximum Gasteiger partial charge on any atom is 0.223 e. The SMILES string of the molecule is COc1ccccc1CCC(=O)N1CCOc2ccc(C(O)C(C)C)cc2C1. The molecule has 0 spiro atoms. The minimum absolute atomic E-state index is 0.0946. The van der Waals surface area contributed by atoms with E-state index in [4.69, 9.17) is 9.47 Å². The molecule has 1 aliphatic heterocycles. The summed E-state index contributed by atoms with van der Waals surface area (Å²) in [6, 6.07) is 13.6. The van der Waals surface area contributed by atoms with Crippen molar-refractivity contribution in [1.82, 2.24) is 4.90 Å². The molecule has 2 aromatic rings. The standard InChI is InChI=1S/C23H29NO4/c1-16(2)23(26)18-8-10-21-19(14-18)15-24(12-13-28-21)22(25)11-9-17-6-4-5-7-20(17)27-3/h4-8,10,14,16,23,26H,9,11-13,15H2,1-3H3. The number of amides is 1. The molecule has 5 nitrogen and oxygen atoms in total. The topological polar surface area (TPSA) is 59.0 Å². The minimum Gasteiger partial charge on any atom is -0.496 e. The Morgan fingerprint density at radius 3 is 2.79 bits per heavy atom. The van der Waals surface area contributed by atoms with Crippen LogP contribution in [0, 0.1) is 5.92 Å². The maximum atomic E-state index is 12.8. The fraction of sp³-hybridized carbons (Fsp3) is 0.435. The summed E-state index contributed by atoms with van der Waals surface area (Å²) >= 11 is 0. The lowest BCUT2D eigenvalue weighted by atomic mass is 9.97. The van der Waals surface area contributed by atoms with Gasteiger partial charge in [0.1, 0.15) is 18.1 Å². The maximum absolute atomic E-state index is 12.8. The monoisotopic (exact) mass is 383 g/mol. The van der Waals surface area contributed by atoms with Crippen molar-refractivity contribution >= 4 is 5.91 Å². The van der Waals surface area contributed by atoms with Crippen LogP contribution in [0.3, 0.4) is 0 Å². The van der Waals surface area contributed by atoms with Crippen LogP contribution in [0.25, 0.3) is 0 Å². The van der Waals surface area contributed by atoms with Crippen molar-refractivity contribution in [3.63, 3.8) is 0 Å². The summed E-state index contributed by atoms with van der Waals surface area (Å²) in [6.07, 6.45) is 0.534. The van der Waals surface area contributed by atoms with Crippen LogP contribution < -0.4 is 9.47 Å². The fourth-order valence-electron chi connectivity index (χ4n) is 3.51. The van der Waals surface area contributed by atoms with Gasteiger partial charge in [-0.2, -0.15) is 0 Å². The molecule has 1 atom stereocenters. The Hall–Kier alpha value is -2.53. The Kier molecular flexibility index (Phi) is 6.57. The zero-order chi connectivity index (χ0) is 20.1. The number of methoxy groups -OCH3 is 1. The van der Waals surface area contributed by atoms with Gasteiger partial charge in [-0.3, -0.25) is 4.79 Å². The third-order valence-electron chi connectivity index (χ3n) is 5.19. The van der Waals surface area contributed by atoms with Crippen LogP contribution in [0.4, 0.5) is 0 Å². The highest BCUT2D eigenvalue weighted by molar-refractivity contribution is 5.76. The Morgan fingerprint density at radius 1 is 1.25 bits per heavy atom. The van der Waals surface area contributed by atoms with E-state index >= 15 is 0 Å². The van der Waals surface area contributed by atoms with Crippen molar-refractivity contribution in [2.45, 2.75) is 39.3 Å². The number of para-hydroxylation sites is 1. The van der Waals surface area contributed by atoms with Crippen molar-refractivity contribution in [3.8, 4) is 11.5 Å². The van der Waals surface area contributed by atoms with Crippen molar-refractivity contribution in [1.29, 1.82) is 0 Å². The number of ether oxygens (including phenoxy) is 2. The first-order valence-corrected chi connectivity index (χ1v) is 9.83. The zero-order valence-electron chi connectivity index (χ0n) is 16.9. The van der Waals surface area contributed by atoms with Gasteiger partial charge in [0.05, 0.1) is 19.8 Å². The fourth-order valence-corrected chi connectivity index (χ4v) is 3.51. The van der Waals surface area contributed by atoms with Gasteiger partial charge in [-0.25, -0.2) is 0 Å². The van der Waals surface area contributed by atoms with Gasteiger partial charge in [-0.1, -0.05) is 38.1 Å². The molecule has 0 saturated heterocycles. The third-order valence-corrected chi connectivity index (χ3v) is 5.19. The average Bonchev–Trinajstić information content (AvgIpc) is 2.93. The highest BCUT2D eigenvalue weighted by Crippen LogP contribution is 2.30. The molecule has 5 heteroatoms. The number of carbonyl (C=O) groups excluding carboxylic acids is 1. The quantitative estimate of drug-likeness (QED) is 0.826. The zero-order valence-corrected chi connectivity index (χ0v) is 16.9. The molecular formula is C23H29NO4. The summed E-state index contributed by atoms with van der Waals surface area (Å²) in [5, 5.41) is 10.4. The van der Waals surface area contributed by atoms with Crippen LogP contribution in [-0.4, -0.2) is 36.2 Å². The van der Waals surface area contributed by atoms with Gasteiger partial charge in [-0.05, 0) is 41.7 Å². The Bertz CT molecular complexity index is 818. The second-order valence-electron chi connectivity index (χ2n) is 7.53. The molecule has 1 aliphatic rings. The van der Waals surface area contributed by atoms with Crippen molar-refractivity contribution < 1.29 is 19.4 Å². The van der Waals surface area contributed by atoms with Gasteiger partial charge >= 0.3 is 0 Å². The molecule has 28 heavy (non-hydrogen) atoms. The van der Waals surface area contributed by atoms with Gasteiger partial charge in [0.25, 0.3) is 0 Å². The number of fused-ring (bicyclic) bond motifs is 1. The Morgan fingerprint density at radius 2 is 2.04 bits per heavy atom. The molecule has 1 amide bonds. The normalized spacial score (nSPS) is 14.8. The summed E-state index contributed by atoms with van der Waals surface area (Å²) in [7, 11) is 1.65. The molecule has 0 aliphatic carbocycles. The van der Waals surface area contributed by atoms with Gasteiger partial charge < -0.3 is 19.5 Å². The predicted molar refractivity (Wildman–Crippen MR) is 108 cm³/mol. The van der Waals surface area contributed by atoms with Crippen LogP contribution in [0.15, 0.2) is 42.5 Å². The van der Waals surface area contributed by atoms with Crippen molar-refractivity contribution in [2.75, 3.05) is 20.3 Å². The predicted octanol–water partition coefficient (Wildman–Crippen LogP) is 3.74. The molecule has 150 valence electrons. The summed E-state index contributed by atoms with van der Waals surface area (Å²) in [5.74, 6) is 1.83. The largest absolute Gasteiger partial charge is 0.496 e. The molecule has 0 aromatic heterocycles. The third kappa shape index (κ3) is 4.65. The van der Waals surface area contributed by atoms with Crippen LogP contribution in [0.1, 0.15) is 43.1 Å². The number of rotatable bonds is 6. The van der Waals surface area contributed by atoms with Crippen molar-refractivity contribution in [3.05, 3.63) is 59.2 Å². The van der Waals surface area contributed by atoms with E-state index in [1.54, 1.807) is 7.11 Å². The molecule has 1 unspecified atom stereocenters. The van der Waals surface area contributed by atoms with Crippen LogP contribution in [0.2, 0.25) is 0 Å². The van der Waals surface area contributed by atoms with E-state index in [2.05, 4.69) is 0 Å². The molecule has 1 N–H and O–H groups in total. The van der Waals surface area contributed by atoms with E-state index in [1.165, 1.54) is 0 Å². The van der Waals surface area contributed by atoms with Crippen LogP contribution in [-0.2, 0) is 17.8 Å². The van der Waals surface area contributed by atoms with E-state index in [9.17, 15) is 9.90 Å². The first-order chi connectivity index (χ1) is 13.5. The first kappa shape index (κ1) is 20.2. The van der Waals surface area contributed by atoms with E-state index in [1.807, 2.05) is 61.2 Å². The molecule has 0 saturated carbocycles. The van der Waals surface area contributed by atoms with Gasteiger partial charge in [0.15, 0.2) is 0 Å². The van der Waals surface area contributed by atoms with E-state index in [0.717, 1.165) is 28.2 Å². The van der Waals surface area contributed by atoms with Gasteiger partial charge in [0, 0.05) is 18.5 Å². The smallest absolute Gasteiger partial charge is 0.223 e. The van der Waals surface area contributed by atoms with Crippen LogP contribution >= 0.6 is 0 Å². The number of nitrogens with zero attached hydrogens (tertiary/aromatic N) is 1. The molecule has 0 radical (unpaired) electrons. The summed E-state index contributed by atoms with van der Waals surface area (Å²) in [4.78, 5) is 14.7. The second-order valence-corrected chi connectivity index (χ2v) is 7.53. The van der Waals surface area contributed by atoms with Gasteiger partial charge in [-0.15, -0.1) is 0 Å².